The predicted octanol–water partition coefficient (Wildman–Crippen LogP) is 2.87. The molecule has 0 aliphatic rings. The van der Waals surface area contributed by atoms with Crippen LogP contribution in [0.4, 0.5) is 5.69 Å². The number of nitrogens with two attached hydrogens (primary N) is 1. The standard InChI is InChI=1S/C12H14N2O2S/c1-6(2)16-8-4-5-14-12-9(8)10(13)11(17-12)7(3)15/h4-6H,13H2,1-3H3. The van der Waals surface area contributed by atoms with Crippen molar-refractivity contribution in [3.63, 3.8) is 0 Å². The number of ether oxygens (including phenoxy) is 1. The first-order valence-electron chi connectivity index (χ1n) is 5.35. The Morgan fingerprint density at radius 1 is 1.53 bits per heavy atom. The molecule has 4 nitrogen and oxygen atoms in total. The van der Waals surface area contributed by atoms with E-state index in [4.69, 9.17) is 10.5 Å². The van der Waals surface area contributed by atoms with E-state index in [1.807, 2.05) is 13.8 Å². The molecule has 2 heterocycles. The molecule has 0 aliphatic heterocycles. The normalized spacial score (nSPS) is 11.1. The number of anilines is 1. The van der Waals surface area contributed by atoms with Gasteiger partial charge in [-0.3, -0.25) is 4.79 Å². The number of thiophene rings is 1. The highest BCUT2D eigenvalue weighted by Crippen LogP contribution is 2.38. The van der Waals surface area contributed by atoms with Crippen LogP contribution >= 0.6 is 11.3 Å². The van der Waals surface area contributed by atoms with Crippen molar-refractivity contribution < 1.29 is 9.53 Å². The highest BCUT2D eigenvalue weighted by molar-refractivity contribution is 7.21. The number of ketones is 1. The molecule has 0 unspecified atom stereocenters. The molecule has 5 heteroatoms. The Balaban J connectivity index is 2.66. The quantitative estimate of drug-likeness (QED) is 0.851. The van der Waals surface area contributed by atoms with E-state index in [1.54, 1.807) is 12.3 Å². The molecule has 0 bridgehead atoms. The lowest BCUT2D eigenvalue weighted by Gasteiger charge is -2.10. The average molecular weight is 250 g/mol. The van der Waals surface area contributed by atoms with Crippen molar-refractivity contribution in [2.24, 2.45) is 0 Å². The maximum absolute atomic E-state index is 11.4. The highest BCUT2D eigenvalue weighted by Gasteiger charge is 2.17. The summed E-state index contributed by atoms with van der Waals surface area (Å²) in [6, 6.07) is 1.77. The number of Topliss-reactive ketones (excluding diaryl/α,β-unsaturated/α-hetero) is 1. The number of fused-ring (bicyclic) bond motifs is 1. The molecule has 0 saturated carbocycles. The van der Waals surface area contributed by atoms with Gasteiger partial charge in [-0.15, -0.1) is 11.3 Å². The van der Waals surface area contributed by atoms with Gasteiger partial charge in [0.2, 0.25) is 0 Å². The Morgan fingerprint density at radius 2 is 2.24 bits per heavy atom. The Kier molecular flexibility index (Phi) is 3.02. The van der Waals surface area contributed by atoms with Crippen molar-refractivity contribution >= 4 is 33.0 Å². The summed E-state index contributed by atoms with van der Waals surface area (Å²) in [5.41, 5.74) is 6.46. The van der Waals surface area contributed by atoms with E-state index in [0.717, 1.165) is 10.2 Å². The zero-order valence-electron chi connectivity index (χ0n) is 9.98. The number of aromatic nitrogens is 1. The van der Waals surface area contributed by atoms with Crippen molar-refractivity contribution in [1.29, 1.82) is 0 Å². The van der Waals surface area contributed by atoms with Gasteiger partial charge in [-0.05, 0) is 19.9 Å². The molecule has 0 radical (unpaired) electrons. The number of carbonyl (C=O) groups is 1. The second-order valence-electron chi connectivity index (χ2n) is 4.06. The number of hydrogen-bond donors (Lipinski definition) is 1. The summed E-state index contributed by atoms with van der Waals surface area (Å²) in [6.45, 7) is 5.39. The van der Waals surface area contributed by atoms with Crippen LogP contribution in [0, 0.1) is 0 Å². The molecule has 90 valence electrons. The average Bonchev–Trinajstić information content (AvgIpc) is 2.56. The molecule has 0 fully saturated rings. The fourth-order valence-electron chi connectivity index (χ4n) is 1.63. The summed E-state index contributed by atoms with van der Waals surface area (Å²) in [6.07, 6.45) is 1.72. The zero-order valence-corrected chi connectivity index (χ0v) is 10.8. The van der Waals surface area contributed by atoms with Crippen LogP contribution in [-0.4, -0.2) is 16.9 Å². The van der Waals surface area contributed by atoms with Crippen LogP contribution in [0.15, 0.2) is 12.3 Å². The first-order valence-corrected chi connectivity index (χ1v) is 6.17. The second-order valence-corrected chi connectivity index (χ2v) is 5.06. The van der Waals surface area contributed by atoms with Crippen molar-refractivity contribution in [2.75, 3.05) is 5.73 Å². The Morgan fingerprint density at radius 3 is 2.82 bits per heavy atom. The van der Waals surface area contributed by atoms with Crippen LogP contribution in [0.1, 0.15) is 30.4 Å². The predicted molar refractivity (Wildman–Crippen MR) is 69.8 cm³/mol. The molecule has 2 aromatic rings. The molecular formula is C12H14N2O2S. The van der Waals surface area contributed by atoms with Crippen LogP contribution in [0.25, 0.3) is 10.2 Å². The highest BCUT2D eigenvalue weighted by atomic mass is 32.1. The van der Waals surface area contributed by atoms with Gasteiger partial charge in [0.1, 0.15) is 10.6 Å². The van der Waals surface area contributed by atoms with Gasteiger partial charge in [0.15, 0.2) is 5.78 Å². The second kappa shape index (κ2) is 4.33. The maximum Gasteiger partial charge on any atom is 0.171 e. The van der Waals surface area contributed by atoms with Crippen LogP contribution in [0.5, 0.6) is 5.75 Å². The van der Waals surface area contributed by atoms with E-state index >= 15 is 0 Å². The third-order valence-corrected chi connectivity index (χ3v) is 3.49. The molecular weight excluding hydrogens is 236 g/mol. The lowest BCUT2D eigenvalue weighted by Crippen LogP contribution is -2.06. The smallest absolute Gasteiger partial charge is 0.171 e. The number of hydrogen-bond acceptors (Lipinski definition) is 5. The van der Waals surface area contributed by atoms with E-state index in [2.05, 4.69) is 4.98 Å². The molecule has 0 saturated heterocycles. The summed E-state index contributed by atoms with van der Waals surface area (Å²) < 4.78 is 5.68. The Bertz CT molecular complexity index is 575. The van der Waals surface area contributed by atoms with E-state index < -0.39 is 0 Å². The first-order chi connectivity index (χ1) is 8.00. The molecule has 0 atom stereocenters. The van der Waals surface area contributed by atoms with Gasteiger partial charge in [-0.25, -0.2) is 4.98 Å². The molecule has 17 heavy (non-hydrogen) atoms. The fourth-order valence-corrected chi connectivity index (χ4v) is 2.61. The summed E-state index contributed by atoms with van der Waals surface area (Å²) >= 11 is 1.31. The lowest BCUT2D eigenvalue weighted by molar-refractivity contribution is 0.102. The Labute approximate surface area is 103 Å². The van der Waals surface area contributed by atoms with Crippen LogP contribution in [0.3, 0.4) is 0 Å². The van der Waals surface area contributed by atoms with Crippen LogP contribution in [0.2, 0.25) is 0 Å². The first kappa shape index (κ1) is 11.9. The van der Waals surface area contributed by atoms with E-state index in [9.17, 15) is 4.79 Å². The molecule has 0 spiro atoms. The van der Waals surface area contributed by atoms with E-state index in [1.165, 1.54) is 18.3 Å². The summed E-state index contributed by atoms with van der Waals surface area (Å²) in [5.74, 6) is 0.646. The number of nitrogens with zero attached hydrogens (tertiary/aromatic N) is 1. The minimum absolute atomic E-state index is 0.0407. The van der Waals surface area contributed by atoms with Crippen molar-refractivity contribution in [2.45, 2.75) is 26.9 Å². The van der Waals surface area contributed by atoms with Gasteiger partial charge in [-0.2, -0.15) is 0 Å². The number of nitrogen functional groups attached to an aromatic ring is 1. The van der Waals surface area contributed by atoms with Gasteiger partial charge >= 0.3 is 0 Å². The topological polar surface area (TPSA) is 65.2 Å². The van der Waals surface area contributed by atoms with Crippen molar-refractivity contribution in [3.05, 3.63) is 17.1 Å². The molecule has 2 aromatic heterocycles. The van der Waals surface area contributed by atoms with Crippen molar-refractivity contribution in [1.82, 2.24) is 4.98 Å². The fraction of sp³-hybridized carbons (Fsp3) is 0.333. The Hall–Kier alpha value is -1.62. The summed E-state index contributed by atoms with van der Waals surface area (Å²) in [5, 5.41) is 0.747. The van der Waals surface area contributed by atoms with E-state index in [0.29, 0.717) is 16.3 Å². The molecule has 0 aromatic carbocycles. The minimum atomic E-state index is -0.0407. The largest absolute Gasteiger partial charge is 0.490 e. The van der Waals surface area contributed by atoms with Crippen LogP contribution < -0.4 is 10.5 Å². The van der Waals surface area contributed by atoms with Gasteiger partial charge in [0, 0.05) is 13.1 Å². The molecule has 0 aliphatic carbocycles. The molecule has 2 rings (SSSR count). The SMILES string of the molecule is CC(=O)c1sc2nccc(OC(C)C)c2c1N. The van der Waals surface area contributed by atoms with Crippen LogP contribution in [-0.2, 0) is 0 Å². The van der Waals surface area contributed by atoms with Gasteiger partial charge < -0.3 is 10.5 Å². The molecule has 0 amide bonds. The number of carbonyl (C=O) groups excluding carboxylic acids is 1. The molecule has 2 N–H and O–H groups in total. The number of rotatable bonds is 3. The van der Waals surface area contributed by atoms with E-state index in [-0.39, 0.29) is 11.9 Å². The van der Waals surface area contributed by atoms with Gasteiger partial charge in [0.25, 0.3) is 0 Å². The summed E-state index contributed by atoms with van der Waals surface area (Å²) in [7, 11) is 0. The number of pyridine rings is 1. The minimum Gasteiger partial charge on any atom is -0.490 e. The van der Waals surface area contributed by atoms with Gasteiger partial charge in [0.05, 0.1) is 22.1 Å². The lowest BCUT2D eigenvalue weighted by atomic mass is 10.2. The third kappa shape index (κ3) is 2.10. The maximum atomic E-state index is 11.4. The zero-order chi connectivity index (χ0) is 12.6. The van der Waals surface area contributed by atoms with Gasteiger partial charge in [-0.1, -0.05) is 0 Å². The third-order valence-electron chi connectivity index (χ3n) is 2.27. The van der Waals surface area contributed by atoms with Crippen molar-refractivity contribution in [3.8, 4) is 5.75 Å². The summed E-state index contributed by atoms with van der Waals surface area (Å²) in [4.78, 5) is 16.9. The monoisotopic (exact) mass is 250 g/mol.